The number of carboxylic acid groups (broad SMARTS) is 1. The average Bonchev–Trinajstić information content (AvgIpc) is 2.73. The molecule has 94 valence electrons. The molecule has 0 fully saturated rings. The summed E-state index contributed by atoms with van der Waals surface area (Å²) in [6, 6.07) is 9.55. The minimum absolute atomic E-state index is 0.0822. The number of carboxylic acids is 1. The molecular formula is C14H16N2O2. The molecule has 2 rings (SSSR count). The Kier molecular flexibility index (Phi) is 3.46. The van der Waals surface area contributed by atoms with Crippen LogP contribution in [0.5, 0.6) is 0 Å². The van der Waals surface area contributed by atoms with Gasteiger partial charge in [-0.25, -0.2) is 9.48 Å². The van der Waals surface area contributed by atoms with Crippen LogP contribution in [0.25, 0.3) is 5.69 Å². The van der Waals surface area contributed by atoms with E-state index >= 15 is 0 Å². The fourth-order valence-electron chi connectivity index (χ4n) is 2.02. The summed E-state index contributed by atoms with van der Waals surface area (Å²) < 4.78 is 1.70. The molecule has 0 radical (unpaired) electrons. The molecule has 1 aromatic heterocycles. The second kappa shape index (κ2) is 5.04. The summed E-state index contributed by atoms with van der Waals surface area (Å²) in [4.78, 5) is 10.9. The number of aromatic nitrogens is 2. The molecule has 0 saturated heterocycles. The van der Waals surface area contributed by atoms with Gasteiger partial charge in [-0.05, 0) is 31.0 Å². The molecule has 1 aromatic carbocycles. The molecule has 0 saturated carbocycles. The first-order valence-electron chi connectivity index (χ1n) is 6.01. The summed E-state index contributed by atoms with van der Waals surface area (Å²) in [5.74, 6) is -0.996. The first-order valence-corrected chi connectivity index (χ1v) is 6.01. The van der Waals surface area contributed by atoms with Gasteiger partial charge in [0, 0.05) is 5.69 Å². The summed E-state index contributed by atoms with van der Waals surface area (Å²) in [6.45, 7) is 3.98. The largest absolute Gasteiger partial charge is 0.476 e. The van der Waals surface area contributed by atoms with Crippen LogP contribution in [-0.2, 0) is 6.42 Å². The fourth-order valence-corrected chi connectivity index (χ4v) is 2.02. The van der Waals surface area contributed by atoms with Gasteiger partial charge in [0.15, 0.2) is 5.69 Å². The van der Waals surface area contributed by atoms with E-state index in [9.17, 15) is 4.79 Å². The number of hydrogen-bond donors (Lipinski definition) is 1. The predicted molar refractivity (Wildman–Crippen MR) is 69.3 cm³/mol. The lowest BCUT2D eigenvalue weighted by Crippen LogP contribution is -2.05. The summed E-state index contributed by atoms with van der Waals surface area (Å²) in [6.07, 6.45) is 2.00. The van der Waals surface area contributed by atoms with Crippen molar-refractivity contribution >= 4 is 5.97 Å². The van der Waals surface area contributed by atoms with Gasteiger partial charge in [-0.2, -0.15) is 5.10 Å². The van der Waals surface area contributed by atoms with Gasteiger partial charge >= 0.3 is 5.97 Å². The van der Waals surface area contributed by atoms with Crippen molar-refractivity contribution < 1.29 is 9.90 Å². The Labute approximate surface area is 106 Å². The fraction of sp³-hybridized carbons (Fsp3) is 0.286. The number of para-hydroxylation sites is 1. The maximum atomic E-state index is 10.9. The summed E-state index contributed by atoms with van der Waals surface area (Å²) >= 11 is 0. The standard InChI is InChI=1S/C14H16N2O2/c1-3-6-11-7-4-5-8-13(11)16-10(2)9-12(15-16)14(17)18/h4-5,7-9H,3,6H2,1-2H3,(H,17,18). The Bertz CT molecular complexity index is 573. The van der Waals surface area contributed by atoms with Gasteiger partial charge in [0.2, 0.25) is 0 Å². The first-order chi connectivity index (χ1) is 8.63. The summed E-state index contributed by atoms with van der Waals surface area (Å²) in [5, 5.41) is 13.1. The first kappa shape index (κ1) is 12.4. The van der Waals surface area contributed by atoms with Crippen LogP contribution in [0.15, 0.2) is 30.3 Å². The van der Waals surface area contributed by atoms with Gasteiger partial charge in [0.05, 0.1) is 5.69 Å². The molecule has 0 spiro atoms. The van der Waals surface area contributed by atoms with Crippen LogP contribution in [-0.4, -0.2) is 20.9 Å². The Hall–Kier alpha value is -2.10. The van der Waals surface area contributed by atoms with Crippen molar-refractivity contribution in [2.45, 2.75) is 26.7 Å². The molecule has 4 heteroatoms. The van der Waals surface area contributed by atoms with Crippen LogP contribution >= 0.6 is 0 Å². The number of hydrogen-bond acceptors (Lipinski definition) is 2. The zero-order chi connectivity index (χ0) is 13.1. The number of benzene rings is 1. The van der Waals surface area contributed by atoms with Crippen LogP contribution in [0.2, 0.25) is 0 Å². The van der Waals surface area contributed by atoms with Gasteiger partial charge in [-0.15, -0.1) is 0 Å². The lowest BCUT2D eigenvalue weighted by Gasteiger charge is -2.10. The molecule has 0 unspecified atom stereocenters. The second-order valence-electron chi connectivity index (χ2n) is 4.27. The molecule has 0 aliphatic carbocycles. The molecule has 0 aliphatic heterocycles. The van der Waals surface area contributed by atoms with Crippen molar-refractivity contribution in [3.8, 4) is 5.69 Å². The Balaban J connectivity index is 2.51. The lowest BCUT2D eigenvalue weighted by atomic mass is 10.1. The number of aryl methyl sites for hydroxylation is 2. The maximum absolute atomic E-state index is 10.9. The van der Waals surface area contributed by atoms with E-state index in [1.54, 1.807) is 10.7 Å². The molecule has 4 nitrogen and oxygen atoms in total. The lowest BCUT2D eigenvalue weighted by molar-refractivity contribution is 0.0690. The van der Waals surface area contributed by atoms with Gasteiger partial charge in [-0.3, -0.25) is 0 Å². The van der Waals surface area contributed by atoms with E-state index in [4.69, 9.17) is 5.11 Å². The van der Waals surface area contributed by atoms with Crippen molar-refractivity contribution in [1.29, 1.82) is 0 Å². The third-order valence-electron chi connectivity index (χ3n) is 2.85. The van der Waals surface area contributed by atoms with Crippen LogP contribution in [0, 0.1) is 6.92 Å². The maximum Gasteiger partial charge on any atom is 0.356 e. The zero-order valence-electron chi connectivity index (χ0n) is 10.6. The zero-order valence-corrected chi connectivity index (χ0v) is 10.6. The third kappa shape index (κ3) is 2.27. The predicted octanol–water partition coefficient (Wildman–Crippen LogP) is 2.83. The SMILES string of the molecule is CCCc1ccccc1-n1nc(C(=O)O)cc1C. The molecule has 0 aliphatic rings. The highest BCUT2D eigenvalue weighted by atomic mass is 16.4. The van der Waals surface area contributed by atoms with Gasteiger partial charge < -0.3 is 5.11 Å². The highest BCUT2D eigenvalue weighted by molar-refractivity contribution is 5.85. The van der Waals surface area contributed by atoms with Gasteiger partial charge in [0.1, 0.15) is 0 Å². The Morgan fingerprint density at radius 2 is 2.11 bits per heavy atom. The number of rotatable bonds is 4. The summed E-state index contributed by atoms with van der Waals surface area (Å²) in [7, 11) is 0. The third-order valence-corrected chi connectivity index (χ3v) is 2.85. The van der Waals surface area contributed by atoms with E-state index < -0.39 is 5.97 Å². The van der Waals surface area contributed by atoms with Crippen LogP contribution < -0.4 is 0 Å². The molecular weight excluding hydrogens is 228 g/mol. The number of nitrogens with zero attached hydrogens (tertiary/aromatic N) is 2. The quantitative estimate of drug-likeness (QED) is 0.899. The van der Waals surface area contributed by atoms with E-state index in [2.05, 4.69) is 18.1 Å². The van der Waals surface area contributed by atoms with E-state index in [1.165, 1.54) is 5.56 Å². The molecule has 2 aromatic rings. The smallest absolute Gasteiger partial charge is 0.356 e. The highest BCUT2D eigenvalue weighted by Gasteiger charge is 2.13. The Morgan fingerprint density at radius 3 is 2.72 bits per heavy atom. The molecule has 1 N–H and O–H groups in total. The van der Waals surface area contributed by atoms with Crippen molar-refractivity contribution in [1.82, 2.24) is 9.78 Å². The monoisotopic (exact) mass is 244 g/mol. The minimum atomic E-state index is -0.996. The van der Waals surface area contributed by atoms with Crippen molar-refractivity contribution in [3.05, 3.63) is 47.3 Å². The van der Waals surface area contributed by atoms with E-state index in [0.717, 1.165) is 24.2 Å². The van der Waals surface area contributed by atoms with Gasteiger partial charge in [0.25, 0.3) is 0 Å². The average molecular weight is 244 g/mol. The van der Waals surface area contributed by atoms with E-state index in [-0.39, 0.29) is 5.69 Å². The summed E-state index contributed by atoms with van der Waals surface area (Å²) in [5.41, 5.74) is 3.06. The topological polar surface area (TPSA) is 55.1 Å². The van der Waals surface area contributed by atoms with Crippen LogP contribution in [0.1, 0.15) is 35.1 Å². The minimum Gasteiger partial charge on any atom is -0.476 e. The van der Waals surface area contributed by atoms with Gasteiger partial charge in [-0.1, -0.05) is 31.5 Å². The number of aromatic carboxylic acids is 1. The van der Waals surface area contributed by atoms with E-state index in [0.29, 0.717) is 0 Å². The molecule has 18 heavy (non-hydrogen) atoms. The van der Waals surface area contributed by atoms with Crippen LogP contribution in [0.4, 0.5) is 0 Å². The highest BCUT2D eigenvalue weighted by Crippen LogP contribution is 2.18. The second-order valence-corrected chi connectivity index (χ2v) is 4.27. The van der Waals surface area contributed by atoms with Crippen molar-refractivity contribution in [2.24, 2.45) is 0 Å². The van der Waals surface area contributed by atoms with Crippen molar-refractivity contribution in [2.75, 3.05) is 0 Å². The number of carbonyl (C=O) groups is 1. The normalized spacial score (nSPS) is 10.6. The molecule has 0 amide bonds. The Morgan fingerprint density at radius 1 is 1.39 bits per heavy atom. The van der Waals surface area contributed by atoms with Crippen molar-refractivity contribution in [3.63, 3.8) is 0 Å². The molecule has 1 heterocycles. The molecule has 0 bridgehead atoms. The van der Waals surface area contributed by atoms with E-state index in [1.807, 2.05) is 25.1 Å². The molecule has 0 atom stereocenters. The van der Waals surface area contributed by atoms with Crippen LogP contribution in [0.3, 0.4) is 0 Å².